The number of methoxy groups -OCH3 is 1. The minimum absolute atomic E-state index is 0.0675. The zero-order valence-corrected chi connectivity index (χ0v) is 22.9. The van der Waals surface area contributed by atoms with Crippen LogP contribution >= 0.6 is 11.6 Å². The third kappa shape index (κ3) is 8.41. The molecule has 2 rings (SSSR count). The number of rotatable bonds is 14. The Balaban J connectivity index is 2.22. The second-order valence-corrected chi connectivity index (χ2v) is 10.8. The fourth-order valence-electron chi connectivity index (χ4n) is 3.87. The maximum atomic E-state index is 13.4. The second-order valence-electron chi connectivity index (χ2n) is 8.47. The van der Waals surface area contributed by atoms with Crippen molar-refractivity contribution >= 4 is 39.1 Å². The largest absolute Gasteiger partial charge is 0.497 e. The molecule has 2 aromatic rings. The van der Waals surface area contributed by atoms with Crippen LogP contribution in [0.1, 0.15) is 45.1 Å². The van der Waals surface area contributed by atoms with Gasteiger partial charge in [-0.15, -0.1) is 0 Å². The first-order valence-corrected chi connectivity index (χ1v) is 14.3. The molecule has 198 valence electrons. The molecule has 0 saturated heterocycles. The molecule has 0 aromatic heterocycles. The van der Waals surface area contributed by atoms with Gasteiger partial charge in [0.2, 0.25) is 21.8 Å². The van der Waals surface area contributed by atoms with E-state index in [2.05, 4.69) is 5.32 Å². The third-order valence-corrected chi connectivity index (χ3v) is 7.29. The van der Waals surface area contributed by atoms with Gasteiger partial charge >= 0.3 is 0 Å². The highest BCUT2D eigenvalue weighted by molar-refractivity contribution is 7.92. The SMILES string of the molecule is CCCNC(=O)[C@H](CC)N(Cc1ccccc1Cl)C(=O)CCCN(c1cccc(OC)c1)S(C)(=O)=O. The van der Waals surface area contributed by atoms with Crippen LogP contribution in [0, 0.1) is 0 Å². The standard InChI is InChI=1S/C26H36ClN3O5S/c1-5-16-28-26(32)24(6-2)29(19-20-11-7-8-14-23(20)27)25(31)15-10-17-30(36(4,33)34)21-12-9-13-22(18-21)35-3/h7-9,11-14,18,24H,5-6,10,15-17,19H2,1-4H3,(H,28,32)/t24-/m0/s1. The number of amides is 2. The van der Waals surface area contributed by atoms with E-state index in [1.807, 2.05) is 32.0 Å². The monoisotopic (exact) mass is 537 g/mol. The summed E-state index contributed by atoms with van der Waals surface area (Å²) in [4.78, 5) is 27.8. The van der Waals surface area contributed by atoms with Gasteiger partial charge in [0.15, 0.2) is 0 Å². The van der Waals surface area contributed by atoms with E-state index in [-0.39, 0.29) is 37.7 Å². The highest BCUT2D eigenvalue weighted by Gasteiger charge is 2.29. The molecule has 10 heteroatoms. The van der Waals surface area contributed by atoms with Crippen LogP contribution in [0.5, 0.6) is 5.75 Å². The van der Waals surface area contributed by atoms with Gasteiger partial charge in [-0.25, -0.2) is 8.42 Å². The third-order valence-electron chi connectivity index (χ3n) is 5.73. The summed E-state index contributed by atoms with van der Waals surface area (Å²) < 4.78 is 31.4. The molecule has 0 radical (unpaired) electrons. The molecular formula is C26H36ClN3O5S. The Kier molecular flexibility index (Phi) is 11.5. The molecule has 0 spiro atoms. The summed E-state index contributed by atoms with van der Waals surface area (Å²) in [5.41, 5.74) is 1.20. The number of anilines is 1. The van der Waals surface area contributed by atoms with Crippen molar-refractivity contribution in [2.45, 2.75) is 52.1 Å². The van der Waals surface area contributed by atoms with Crippen molar-refractivity contribution < 1.29 is 22.7 Å². The summed E-state index contributed by atoms with van der Waals surface area (Å²) in [6, 6.07) is 13.3. The minimum Gasteiger partial charge on any atom is -0.497 e. The summed E-state index contributed by atoms with van der Waals surface area (Å²) in [5, 5.41) is 3.39. The van der Waals surface area contributed by atoms with Crippen LogP contribution < -0.4 is 14.4 Å². The van der Waals surface area contributed by atoms with Gasteiger partial charge in [0.25, 0.3) is 0 Å². The number of nitrogens with zero attached hydrogens (tertiary/aromatic N) is 2. The molecule has 0 unspecified atom stereocenters. The van der Waals surface area contributed by atoms with E-state index in [1.165, 1.54) is 11.4 Å². The maximum absolute atomic E-state index is 13.4. The summed E-state index contributed by atoms with van der Waals surface area (Å²) in [6.45, 7) is 4.63. The molecule has 8 nitrogen and oxygen atoms in total. The highest BCUT2D eigenvalue weighted by Crippen LogP contribution is 2.24. The Hall–Kier alpha value is -2.78. The van der Waals surface area contributed by atoms with Gasteiger partial charge in [0.05, 0.1) is 19.1 Å². The van der Waals surface area contributed by atoms with E-state index in [0.29, 0.717) is 29.4 Å². The lowest BCUT2D eigenvalue weighted by atomic mass is 10.1. The summed E-state index contributed by atoms with van der Waals surface area (Å²) >= 11 is 6.35. The maximum Gasteiger partial charge on any atom is 0.242 e. The normalized spacial score (nSPS) is 12.0. The van der Waals surface area contributed by atoms with Crippen molar-refractivity contribution in [3.63, 3.8) is 0 Å². The fourth-order valence-corrected chi connectivity index (χ4v) is 5.02. The molecule has 0 fully saturated rings. The van der Waals surface area contributed by atoms with Crippen molar-refractivity contribution in [3.05, 3.63) is 59.1 Å². The zero-order valence-electron chi connectivity index (χ0n) is 21.4. The summed E-state index contributed by atoms with van der Waals surface area (Å²) in [5.74, 6) is 0.0772. The molecule has 0 bridgehead atoms. The van der Waals surface area contributed by atoms with E-state index in [4.69, 9.17) is 16.3 Å². The van der Waals surface area contributed by atoms with Crippen LogP contribution in [0.2, 0.25) is 5.02 Å². The van der Waals surface area contributed by atoms with Crippen LogP contribution in [0.3, 0.4) is 0 Å². The van der Waals surface area contributed by atoms with E-state index in [0.717, 1.165) is 18.2 Å². The van der Waals surface area contributed by atoms with Crippen LogP contribution in [0.25, 0.3) is 0 Å². The van der Waals surface area contributed by atoms with Gasteiger partial charge in [-0.3, -0.25) is 13.9 Å². The van der Waals surface area contributed by atoms with E-state index < -0.39 is 16.1 Å². The lowest BCUT2D eigenvalue weighted by Crippen LogP contribution is -2.49. The van der Waals surface area contributed by atoms with Crippen LogP contribution in [-0.2, 0) is 26.2 Å². The Morgan fingerprint density at radius 1 is 1.11 bits per heavy atom. The number of nitrogens with one attached hydrogen (secondary N) is 1. The van der Waals surface area contributed by atoms with Gasteiger partial charge in [-0.1, -0.05) is 49.7 Å². The smallest absolute Gasteiger partial charge is 0.242 e. The lowest BCUT2D eigenvalue weighted by Gasteiger charge is -2.31. The predicted molar refractivity (Wildman–Crippen MR) is 144 cm³/mol. The fraction of sp³-hybridized carbons (Fsp3) is 0.462. The second kappa shape index (κ2) is 14.1. The lowest BCUT2D eigenvalue weighted by molar-refractivity contribution is -0.141. The Bertz CT molecular complexity index is 1130. The number of sulfonamides is 1. The molecule has 2 aromatic carbocycles. The Morgan fingerprint density at radius 2 is 1.83 bits per heavy atom. The quantitative estimate of drug-likeness (QED) is 0.389. The van der Waals surface area contributed by atoms with Gasteiger partial charge in [-0.2, -0.15) is 0 Å². The van der Waals surface area contributed by atoms with Gasteiger partial charge in [0, 0.05) is 37.1 Å². The predicted octanol–water partition coefficient (Wildman–Crippen LogP) is 4.23. The number of hydrogen-bond donors (Lipinski definition) is 1. The number of ether oxygens (including phenoxy) is 1. The zero-order chi connectivity index (χ0) is 26.7. The van der Waals surface area contributed by atoms with Crippen molar-refractivity contribution in [1.29, 1.82) is 0 Å². The summed E-state index contributed by atoms with van der Waals surface area (Å²) in [6.07, 6.45) is 2.69. The molecule has 1 N–H and O–H groups in total. The number of halogens is 1. The molecule has 0 aliphatic heterocycles. The van der Waals surface area contributed by atoms with E-state index in [9.17, 15) is 18.0 Å². The van der Waals surface area contributed by atoms with Crippen molar-refractivity contribution in [2.75, 3.05) is 30.8 Å². The first-order valence-electron chi connectivity index (χ1n) is 12.0. The van der Waals surface area contributed by atoms with E-state index >= 15 is 0 Å². The van der Waals surface area contributed by atoms with Crippen molar-refractivity contribution in [3.8, 4) is 5.75 Å². The van der Waals surface area contributed by atoms with Crippen LogP contribution in [0.15, 0.2) is 48.5 Å². The Morgan fingerprint density at radius 3 is 2.44 bits per heavy atom. The van der Waals surface area contributed by atoms with Crippen molar-refractivity contribution in [2.24, 2.45) is 0 Å². The summed E-state index contributed by atoms with van der Waals surface area (Å²) in [7, 11) is -2.08. The molecule has 0 saturated carbocycles. The molecule has 1 atom stereocenters. The molecule has 0 aliphatic carbocycles. The van der Waals surface area contributed by atoms with Gasteiger partial charge in [0.1, 0.15) is 11.8 Å². The number of carbonyl (C=O) groups excluding carboxylic acids is 2. The first-order chi connectivity index (χ1) is 17.1. The number of benzene rings is 2. The molecule has 0 aliphatic rings. The molecule has 2 amide bonds. The molecular weight excluding hydrogens is 502 g/mol. The topological polar surface area (TPSA) is 96.0 Å². The number of hydrogen-bond acceptors (Lipinski definition) is 5. The number of carbonyl (C=O) groups is 2. The highest BCUT2D eigenvalue weighted by atomic mass is 35.5. The van der Waals surface area contributed by atoms with E-state index in [1.54, 1.807) is 35.2 Å². The van der Waals surface area contributed by atoms with Gasteiger partial charge < -0.3 is 15.0 Å². The van der Waals surface area contributed by atoms with Crippen molar-refractivity contribution in [1.82, 2.24) is 10.2 Å². The Labute approximate surface area is 219 Å². The van der Waals surface area contributed by atoms with Crippen LogP contribution in [-0.4, -0.2) is 57.6 Å². The minimum atomic E-state index is -3.59. The van der Waals surface area contributed by atoms with Crippen LogP contribution in [0.4, 0.5) is 5.69 Å². The average Bonchev–Trinajstić information content (AvgIpc) is 2.85. The average molecular weight is 538 g/mol. The molecule has 0 heterocycles. The first kappa shape index (κ1) is 29.5. The molecule has 36 heavy (non-hydrogen) atoms. The van der Waals surface area contributed by atoms with Gasteiger partial charge in [-0.05, 0) is 43.0 Å².